The van der Waals surface area contributed by atoms with Crippen molar-refractivity contribution in [1.29, 1.82) is 0 Å². The first-order valence-electron chi connectivity index (χ1n) is 11.4. The predicted octanol–water partition coefficient (Wildman–Crippen LogP) is 4.87. The van der Waals surface area contributed by atoms with Gasteiger partial charge >= 0.3 is 0 Å². The Morgan fingerprint density at radius 2 is 1.59 bits per heavy atom. The zero-order chi connectivity index (χ0) is 23.5. The molecule has 34 heavy (non-hydrogen) atoms. The molecule has 0 atom stereocenters. The van der Waals surface area contributed by atoms with E-state index >= 15 is 0 Å². The lowest BCUT2D eigenvalue weighted by Gasteiger charge is -2.22. The van der Waals surface area contributed by atoms with E-state index in [1.807, 2.05) is 68.7 Å². The van der Waals surface area contributed by atoms with Crippen molar-refractivity contribution in [3.05, 3.63) is 83.4 Å². The van der Waals surface area contributed by atoms with Crippen molar-refractivity contribution in [2.24, 2.45) is 0 Å². The number of anilines is 1. The Kier molecular flexibility index (Phi) is 6.47. The maximum atomic E-state index is 13.6. The lowest BCUT2D eigenvalue weighted by atomic mass is 10.0. The number of carbonyl (C=O) groups excluding carboxylic acids is 1. The molecule has 6 nitrogen and oxygen atoms in total. The summed E-state index contributed by atoms with van der Waals surface area (Å²) in [6.07, 6.45) is 0.840. The number of fused-ring (bicyclic) bond motifs is 2. The summed E-state index contributed by atoms with van der Waals surface area (Å²) in [5.74, 6) is 1.38. The Morgan fingerprint density at radius 1 is 0.912 bits per heavy atom. The molecule has 1 aliphatic heterocycles. The van der Waals surface area contributed by atoms with Crippen LogP contribution in [0.1, 0.15) is 21.5 Å². The van der Waals surface area contributed by atoms with Crippen LogP contribution in [0.2, 0.25) is 0 Å². The second kappa shape index (κ2) is 9.83. The Bertz CT molecular complexity index is 1240. The number of ether oxygens (including phenoxy) is 2. The first-order chi connectivity index (χ1) is 16.6. The maximum Gasteiger partial charge on any atom is 0.260 e. The lowest BCUT2D eigenvalue weighted by molar-refractivity contribution is 0.0985. The molecule has 1 aliphatic rings. The SMILES string of the molecule is CN(C)CCN(C(=O)c1ccc(Cc2ccccc2)cc1)c1nc2cc3c(cc2s1)OCCO3. The molecule has 0 fully saturated rings. The first-order valence-corrected chi connectivity index (χ1v) is 12.2. The van der Waals surface area contributed by atoms with Gasteiger partial charge < -0.3 is 14.4 Å². The highest BCUT2D eigenvalue weighted by Crippen LogP contribution is 2.39. The summed E-state index contributed by atoms with van der Waals surface area (Å²) in [4.78, 5) is 22.2. The topological polar surface area (TPSA) is 54.9 Å². The molecule has 1 aromatic heterocycles. The fourth-order valence-electron chi connectivity index (χ4n) is 3.90. The van der Waals surface area contributed by atoms with E-state index in [2.05, 4.69) is 17.0 Å². The van der Waals surface area contributed by atoms with Gasteiger partial charge in [0.15, 0.2) is 16.6 Å². The number of rotatable bonds is 7. The van der Waals surface area contributed by atoms with E-state index in [0.717, 1.165) is 28.9 Å². The summed E-state index contributed by atoms with van der Waals surface area (Å²) in [7, 11) is 4.00. The average Bonchev–Trinajstić information content (AvgIpc) is 3.26. The summed E-state index contributed by atoms with van der Waals surface area (Å²) < 4.78 is 12.4. The largest absolute Gasteiger partial charge is 0.486 e. The summed E-state index contributed by atoms with van der Waals surface area (Å²) in [6, 6.07) is 22.1. The van der Waals surface area contributed by atoms with Gasteiger partial charge in [0.05, 0.1) is 10.2 Å². The van der Waals surface area contributed by atoms with Crippen molar-refractivity contribution in [2.75, 3.05) is 45.3 Å². The number of likely N-dealkylation sites (N-methyl/N-ethyl adjacent to an activating group) is 1. The Labute approximate surface area is 203 Å². The van der Waals surface area contributed by atoms with E-state index in [4.69, 9.17) is 14.5 Å². The Morgan fingerprint density at radius 3 is 2.29 bits per heavy atom. The summed E-state index contributed by atoms with van der Waals surface area (Å²) >= 11 is 1.50. The van der Waals surface area contributed by atoms with E-state index in [-0.39, 0.29) is 5.91 Å². The van der Waals surface area contributed by atoms with Gasteiger partial charge in [0.25, 0.3) is 5.91 Å². The lowest BCUT2D eigenvalue weighted by Crippen LogP contribution is -2.36. The molecule has 174 valence electrons. The number of carbonyl (C=O) groups is 1. The molecule has 0 radical (unpaired) electrons. The summed E-state index contributed by atoms with van der Waals surface area (Å²) in [6.45, 7) is 2.35. The van der Waals surface area contributed by atoms with E-state index < -0.39 is 0 Å². The standard InChI is InChI=1S/C27H27N3O3S/c1-29(2)12-13-30(27-28-22-17-23-24(18-25(22)34-27)33-15-14-32-23)26(31)21-10-8-20(9-11-21)16-19-6-4-3-5-7-19/h3-11,17-18H,12-16H2,1-2H3. The van der Waals surface area contributed by atoms with Gasteiger partial charge in [-0.3, -0.25) is 9.69 Å². The molecule has 0 bridgehead atoms. The zero-order valence-corrected chi connectivity index (χ0v) is 20.2. The third-order valence-electron chi connectivity index (χ3n) is 5.74. The van der Waals surface area contributed by atoms with Crippen molar-refractivity contribution < 1.29 is 14.3 Å². The van der Waals surface area contributed by atoms with Crippen LogP contribution in [-0.4, -0.2) is 56.2 Å². The zero-order valence-electron chi connectivity index (χ0n) is 19.4. The van der Waals surface area contributed by atoms with Gasteiger partial charge in [-0.25, -0.2) is 4.98 Å². The minimum absolute atomic E-state index is 0.0515. The van der Waals surface area contributed by atoms with Gasteiger partial charge in [-0.05, 0) is 43.8 Å². The fourth-order valence-corrected chi connectivity index (χ4v) is 4.91. The Balaban J connectivity index is 1.41. The van der Waals surface area contributed by atoms with Gasteiger partial charge in [0, 0.05) is 30.8 Å². The van der Waals surface area contributed by atoms with Crippen LogP contribution in [0.5, 0.6) is 11.5 Å². The molecule has 5 rings (SSSR count). The van der Waals surface area contributed by atoms with Gasteiger partial charge in [-0.2, -0.15) is 0 Å². The third kappa shape index (κ3) is 4.90. The van der Waals surface area contributed by atoms with Crippen molar-refractivity contribution in [3.63, 3.8) is 0 Å². The normalized spacial score (nSPS) is 12.8. The highest BCUT2D eigenvalue weighted by Gasteiger charge is 2.23. The van der Waals surface area contributed by atoms with E-state index in [0.29, 0.717) is 36.2 Å². The number of benzene rings is 3. The molecule has 0 saturated carbocycles. The molecule has 0 unspecified atom stereocenters. The van der Waals surface area contributed by atoms with Crippen LogP contribution in [0.3, 0.4) is 0 Å². The van der Waals surface area contributed by atoms with Crippen LogP contribution in [0.15, 0.2) is 66.7 Å². The second-order valence-corrected chi connectivity index (χ2v) is 9.59. The maximum absolute atomic E-state index is 13.6. The van der Waals surface area contributed by atoms with Crippen LogP contribution in [-0.2, 0) is 6.42 Å². The smallest absolute Gasteiger partial charge is 0.260 e. The number of hydrogen-bond acceptors (Lipinski definition) is 6. The number of thiazole rings is 1. The van der Waals surface area contributed by atoms with Gasteiger partial charge in [-0.1, -0.05) is 53.8 Å². The quantitative estimate of drug-likeness (QED) is 0.383. The third-order valence-corrected chi connectivity index (χ3v) is 6.78. The number of aromatic nitrogens is 1. The van der Waals surface area contributed by atoms with Crippen LogP contribution in [0.4, 0.5) is 5.13 Å². The first kappa shape index (κ1) is 22.4. The molecule has 4 aromatic rings. The minimum Gasteiger partial charge on any atom is -0.486 e. The van der Waals surface area contributed by atoms with E-state index in [1.54, 1.807) is 4.90 Å². The van der Waals surface area contributed by atoms with Crippen LogP contribution in [0.25, 0.3) is 10.2 Å². The molecule has 2 heterocycles. The van der Waals surface area contributed by atoms with E-state index in [1.165, 1.54) is 22.5 Å². The average molecular weight is 474 g/mol. The summed E-state index contributed by atoms with van der Waals surface area (Å²) in [5.41, 5.74) is 3.89. The fraction of sp³-hybridized carbons (Fsp3) is 0.259. The molecule has 0 N–H and O–H groups in total. The molecular weight excluding hydrogens is 446 g/mol. The van der Waals surface area contributed by atoms with Crippen LogP contribution >= 0.6 is 11.3 Å². The number of hydrogen-bond donors (Lipinski definition) is 0. The van der Waals surface area contributed by atoms with Crippen molar-refractivity contribution in [3.8, 4) is 11.5 Å². The van der Waals surface area contributed by atoms with Crippen molar-refractivity contribution in [1.82, 2.24) is 9.88 Å². The Hall–Kier alpha value is -3.42. The molecule has 7 heteroatoms. The monoisotopic (exact) mass is 473 g/mol. The van der Waals surface area contributed by atoms with Gasteiger partial charge in [-0.15, -0.1) is 0 Å². The molecule has 1 amide bonds. The molecular formula is C27H27N3O3S. The van der Waals surface area contributed by atoms with Gasteiger partial charge in [0.1, 0.15) is 13.2 Å². The van der Waals surface area contributed by atoms with Crippen LogP contribution in [0, 0.1) is 0 Å². The number of amides is 1. The molecule has 0 saturated heterocycles. The molecule has 0 spiro atoms. The van der Waals surface area contributed by atoms with E-state index in [9.17, 15) is 4.79 Å². The second-order valence-electron chi connectivity index (χ2n) is 8.58. The minimum atomic E-state index is -0.0515. The predicted molar refractivity (Wildman–Crippen MR) is 137 cm³/mol. The number of nitrogens with zero attached hydrogens (tertiary/aromatic N) is 3. The molecule has 3 aromatic carbocycles. The molecule has 0 aliphatic carbocycles. The highest BCUT2D eigenvalue weighted by atomic mass is 32.1. The van der Waals surface area contributed by atoms with Crippen molar-refractivity contribution >= 4 is 32.6 Å². The van der Waals surface area contributed by atoms with Gasteiger partial charge in [0.2, 0.25) is 0 Å². The highest BCUT2D eigenvalue weighted by molar-refractivity contribution is 7.22. The van der Waals surface area contributed by atoms with Crippen molar-refractivity contribution in [2.45, 2.75) is 6.42 Å². The van der Waals surface area contributed by atoms with Crippen LogP contribution < -0.4 is 14.4 Å². The summed E-state index contributed by atoms with van der Waals surface area (Å²) in [5, 5.41) is 0.678.